The minimum Gasteiger partial charge on any atom is -0.206 e. The Morgan fingerprint density at radius 1 is 0.415 bits per heavy atom. The average molecular weight is 553 g/mol. The molecule has 0 aliphatic heterocycles. The molecule has 0 spiro atoms. The van der Waals surface area contributed by atoms with Crippen molar-refractivity contribution in [2.24, 2.45) is 0 Å². The number of unbranched alkanes of at least 4 members (excludes halogenated alkanes) is 4. The largest absolute Gasteiger partial charge is 0.206 e. The summed E-state index contributed by atoms with van der Waals surface area (Å²) in [6.07, 6.45) is 8.38. The van der Waals surface area contributed by atoms with E-state index in [0.717, 1.165) is 24.0 Å². The van der Waals surface area contributed by atoms with Gasteiger partial charge in [0.15, 0.2) is 0 Å². The fourth-order valence-corrected chi connectivity index (χ4v) is 6.28. The Bertz CT molecular complexity index is 1390. The highest BCUT2D eigenvalue weighted by molar-refractivity contribution is 5.71. The molecule has 0 saturated carbocycles. The summed E-state index contributed by atoms with van der Waals surface area (Å²) >= 11 is 0. The highest BCUT2D eigenvalue weighted by atomic mass is 19.1. The fraction of sp³-hybridized carbons (Fsp3) is 0.385. The van der Waals surface area contributed by atoms with E-state index in [1.807, 2.05) is 52.0 Å². The van der Waals surface area contributed by atoms with Gasteiger partial charge in [-0.15, -0.1) is 0 Å². The molecule has 0 aliphatic carbocycles. The van der Waals surface area contributed by atoms with Crippen LogP contribution in [0.15, 0.2) is 48.5 Å². The molecule has 4 aromatic rings. The maximum atomic E-state index is 14.1. The van der Waals surface area contributed by atoms with Crippen LogP contribution < -0.4 is 0 Å². The van der Waals surface area contributed by atoms with Crippen molar-refractivity contribution in [3.8, 4) is 22.3 Å². The fourth-order valence-electron chi connectivity index (χ4n) is 6.28. The van der Waals surface area contributed by atoms with Gasteiger partial charge in [-0.1, -0.05) is 43.5 Å². The molecule has 0 saturated heterocycles. The quantitative estimate of drug-likeness (QED) is 0.172. The average Bonchev–Trinajstić information content (AvgIpc) is 2.93. The van der Waals surface area contributed by atoms with Gasteiger partial charge in [-0.2, -0.15) is 0 Å². The van der Waals surface area contributed by atoms with Gasteiger partial charge in [0, 0.05) is 0 Å². The molecule has 0 bridgehead atoms. The predicted octanol–water partition coefficient (Wildman–Crippen LogP) is 11.5. The minimum atomic E-state index is -0.102. The zero-order valence-electron chi connectivity index (χ0n) is 26.3. The van der Waals surface area contributed by atoms with Gasteiger partial charge in [-0.05, 0) is 183 Å². The van der Waals surface area contributed by atoms with Crippen molar-refractivity contribution in [3.05, 3.63) is 116 Å². The maximum absolute atomic E-state index is 14.1. The standard InChI is InChI=1S/C39H46F2/c1-24-20-34(21-25(2)38(24)40)36-18-16-32(28(5)30(36)7)14-12-10-9-11-13-15-33-17-19-37(31(8)29(33)6)35-22-26(3)39(41)27(4)23-35/h16-23H,9-15H2,1-8H3. The lowest BCUT2D eigenvalue weighted by atomic mass is 9.90. The second kappa shape index (κ2) is 13.1. The molecule has 0 fully saturated rings. The van der Waals surface area contributed by atoms with E-state index in [9.17, 15) is 8.78 Å². The predicted molar refractivity (Wildman–Crippen MR) is 172 cm³/mol. The van der Waals surface area contributed by atoms with E-state index in [0.29, 0.717) is 22.3 Å². The summed E-state index contributed by atoms with van der Waals surface area (Å²) in [6.45, 7) is 16.2. The van der Waals surface area contributed by atoms with Crippen LogP contribution in [0.2, 0.25) is 0 Å². The summed E-state index contributed by atoms with van der Waals surface area (Å²) in [7, 11) is 0. The van der Waals surface area contributed by atoms with Gasteiger partial charge in [0.2, 0.25) is 0 Å². The summed E-state index contributed by atoms with van der Waals surface area (Å²) in [5.74, 6) is -0.204. The number of rotatable bonds is 10. The molecule has 0 amide bonds. The SMILES string of the molecule is Cc1cc(-c2ccc(CCCCCCCc3ccc(-c4cc(C)c(F)c(C)c4)c(C)c3C)c(C)c2C)cc(C)c1F. The highest BCUT2D eigenvalue weighted by Gasteiger charge is 2.13. The van der Waals surface area contributed by atoms with E-state index in [-0.39, 0.29) is 11.6 Å². The maximum Gasteiger partial charge on any atom is 0.129 e. The second-order valence-electron chi connectivity index (χ2n) is 12.2. The number of halogens is 2. The first-order chi connectivity index (χ1) is 19.5. The highest BCUT2D eigenvalue weighted by Crippen LogP contribution is 2.32. The molecule has 0 radical (unpaired) electrons. The molecule has 4 rings (SSSR count). The van der Waals surface area contributed by atoms with E-state index in [1.54, 1.807) is 0 Å². The van der Waals surface area contributed by atoms with E-state index < -0.39 is 0 Å². The van der Waals surface area contributed by atoms with Crippen molar-refractivity contribution in [2.75, 3.05) is 0 Å². The monoisotopic (exact) mass is 552 g/mol. The van der Waals surface area contributed by atoms with E-state index in [1.165, 1.54) is 76.6 Å². The Morgan fingerprint density at radius 2 is 0.732 bits per heavy atom. The van der Waals surface area contributed by atoms with Gasteiger partial charge < -0.3 is 0 Å². The molecule has 216 valence electrons. The summed E-state index contributed by atoms with van der Waals surface area (Å²) in [5, 5.41) is 0. The topological polar surface area (TPSA) is 0 Å². The van der Waals surface area contributed by atoms with Crippen LogP contribution in [0.3, 0.4) is 0 Å². The van der Waals surface area contributed by atoms with Gasteiger partial charge in [0.1, 0.15) is 11.6 Å². The number of hydrogen-bond donors (Lipinski definition) is 0. The number of benzene rings is 4. The van der Waals surface area contributed by atoms with Crippen LogP contribution in [-0.4, -0.2) is 0 Å². The minimum absolute atomic E-state index is 0.102. The van der Waals surface area contributed by atoms with Crippen LogP contribution in [0.5, 0.6) is 0 Å². The lowest BCUT2D eigenvalue weighted by Gasteiger charge is -2.16. The third-order valence-electron chi connectivity index (χ3n) is 9.19. The van der Waals surface area contributed by atoms with Gasteiger partial charge >= 0.3 is 0 Å². The molecule has 2 heteroatoms. The Labute approximate surface area is 246 Å². The molecule has 0 atom stereocenters. The summed E-state index contributed by atoms with van der Waals surface area (Å²) in [4.78, 5) is 0. The van der Waals surface area contributed by atoms with Crippen LogP contribution in [0.1, 0.15) is 87.7 Å². The molecule has 0 aromatic heterocycles. The van der Waals surface area contributed by atoms with Crippen LogP contribution in [0.4, 0.5) is 8.78 Å². The van der Waals surface area contributed by atoms with E-state index >= 15 is 0 Å². The lowest BCUT2D eigenvalue weighted by molar-refractivity contribution is 0.609. The van der Waals surface area contributed by atoms with Crippen molar-refractivity contribution in [3.63, 3.8) is 0 Å². The van der Waals surface area contributed by atoms with Gasteiger partial charge in [-0.3, -0.25) is 0 Å². The third kappa shape index (κ3) is 6.80. The van der Waals surface area contributed by atoms with E-state index in [2.05, 4.69) is 52.0 Å². The number of hydrogen-bond acceptors (Lipinski definition) is 0. The van der Waals surface area contributed by atoms with Gasteiger partial charge in [0.05, 0.1) is 0 Å². The molecule has 0 heterocycles. The zero-order chi connectivity index (χ0) is 29.8. The van der Waals surface area contributed by atoms with E-state index in [4.69, 9.17) is 0 Å². The van der Waals surface area contributed by atoms with Crippen LogP contribution in [-0.2, 0) is 12.8 Å². The molecule has 0 aliphatic rings. The molecule has 0 unspecified atom stereocenters. The molecule has 41 heavy (non-hydrogen) atoms. The number of aryl methyl sites for hydroxylation is 6. The first-order valence-corrected chi connectivity index (χ1v) is 15.2. The Balaban J connectivity index is 1.27. The third-order valence-corrected chi connectivity index (χ3v) is 9.19. The van der Waals surface area contributed by atoms with Crippen LogP contribution in [0, 0.1) is 67.0 Å². The molecular formula is C39H46F2. The Kier molecular flexibility index (Phi) is 9.84. The smallest absolute Gasteiger partial charge is 0.129 e. The van der Waals surface area contributed by atoms with Crippen LogP contribution in [0.25, 0.3) is 22.3 Å². The van der Waals surface area contributed by atoms with Gasteiger partial charge in [0.25, 0.3) is 0 Å². The molecule has 4 aromatic carbocycles. The molecule has 0 N–H and O–H groups in total. The summed E-state index contributed by atoms with van der Waals surface area (Å²) in [6, 6.07) is 16.9. The first kappa shape index (κ1) is 30.7. The molecule has 0 nitrogen and oxygen atoms in total. The Morgan fingerprint density at radius 3 is 1.07 bits per heavy atom. The van der Waals surface area contributed by atoms with Crippen molar-refractivity contribution in [1.29, 1.82) is 0 Å². The first-order valence-electron chi connectivity index (χ1n) is 15.2. The lowest BCUT2D eigenvalue weighted by Crippen LogP contribution is -1.98. The van der Waals surface area contributed by atoms with Crippen molar-refractivity contribution >= 4 is 0 Å². The summed E-state index contributed by atoms with van der Waals surface area (Å²) in [5.41, 5.74) is 15.6. The second-order valence-corrected chi connectivity index (χ2v) is 12.2. The van der Waals surface area contributed by atoms with Crippen LogP contribution >= 0.6 is 0 Å². The zero-order valence-corrected chi connectivity index (χ0v) is 26.3. The van der Waals surface area contributed by atoms with Gasteiger partial charge in [-0.25, -0.2) is 8.78 Å². The summed E-state index contributed by atoms with van der Waals surface area (Å²) < 4.78 is 28.3. The normalized spacial score (nSPS) is 11.4. The molecular weight excluding hydrogens is 506 g/mol. The van der Waals surface area contributed by atoms with Crippen molar-refractivity contribution < 1.29 is 8.78 Å². The van der Waals surface area contributed by atoms with Crippen molar-refractivity contribution in [1.82, 2.24) is 0 Å². The van der Waals surface area contributed by atoms with Crippen molar-refractivity contribution in [2.45, 2.75) is 100 Å². The Hall–Kier alpha value is -3.26.